The topological polar surface area (TPSA) is 71.0 Å². The SMILES string of the molecule is COc1ccc(CCN2C(=O)CC(C(=O)Nc3cccc(C)c3)SC2=Nc2ccc(F)cc2)cc1. The molecule has 0 saturated carbocycles. The van der Waals surface area contributed by atoms with Crippen molar-refractivity contribution in [3.8, 4) is 5.75 Å². The van der Waals surface area contributed by atoms with Gasteiger partial charge in [0.2, 0.25) is 11.8 Å². The van der Waals surface area contributed by atoms with E-state index in [0.29, 0.717) is 29.5 Å². The normalized spacial score (nSPS) is 16.9. The number of methoxy groups -OCH3 is 1. The largest absolute Gasteiger partial charge is 0.497 e. The number of rotatable bonds is 7. The van der Waals surface area contributed by atoms with Gasteiger partial charge in [-0.05, 0) is 73.0 Å². The fourth-order valence-corrected chi connectivity index (χ4v) is 4.79. The van der Waals surface area contributed by atoms with Crippen molar-refractivity contribution < 1.29 is 18.7 Å². The molecule has 1 fully saturated rings. The number of benzene rings is 3. The van der Waals surface area contributed by atoms with Crippen LogP contribution in [0.3, 0.4) is 0 Å². The standard InChI is InChI=1S/C27H26FN3O3S/c1-18-4-3-5-22(16-18)29-26(33)24-17-25(32)31(15-14-19-6-12-23(34-2)13-7-19)27(35-24)30-21-10-8-20(28)9-11-21/h3-13,16,24H,14-15,17H2,1-2H3,(H,29,33). The number of ether oxygens (including phenoxy) is 1. The van der Waals surface area contributed by atoms with E-state index in [0.717, 1.165) is 16.9 Å². The maximum atomic E-state index is 13.4. The van der Waals surface area contributed by atoms with Crippen LogP contribution in [0.4, 0.5) is 15.8 Å². The molecule has 1 heterocycles. The highest BCUT2D eigenvalue weighted by atomic mass is 32.2. The van der Waals surface area contributed by atoms with E-state index >= 15 is 0 Å². The summed E-state index contributed by atoms with van der Waals surface area (Å²) < 4.78 is 18.6. The van der Waals surface area contributed by atoms with Gasteiger partial charge >= 0.3 is 0 Å². The van der Waals surface area contributed by atoms with Crippen molar-refractivity contribution in [3.63, 3.8) is 0 Å². The molecule has 6 nitrogen and oxygen atoms in total. The van der Waals surface area contributed by atoms with Crippen LogP contribution in [0.2, 0.25) is 0 Å². The van der Waals surface area contributed by atoms with Gasteiger partial charge < -0.3 is 10.1 Å². The minimum absolute atomic E-state index is 0.0629. The van der Waals surface area contributed by atoms with Crippen molar-refractivity contribution in [2.75, 3.05) is 19.0 Å². The number of carbonyl (C=O) groups excluding carboxylic acids is 2. The van der Waals surface area contributed by atoms with Crippen LogP contribution in [-0.2, 0) is 16.0 Å². The van der Waals surface area contributed by atoms with Crippen molar-refractivity contribution in [2.45, 2.75) is 25.0 Å². The molecule has 1 aliphatic rings. The molecular formula is C27H26FN3O3S. The van der Waals surface area contributed by atoms with E-state index in [-0.39, 0.29) is 24.1 Å². The zero-order chi connectivity index (χ0) is 24.8. The number of nitrogens with zero attached hydrogens (tertiary/aromatic N) is 2. The Kier molecular flexibility index (Phi) is 7.82. The number of hydrogen-bond donors (Lipinski definition) is 1. The first kappa shape index (κ1) is 24.5. The Hall–Kier alpha value is -3.65. The smallest absolute Gasteiger partial charge is 0.238 e. The van der Waals surface area contributed by atoms with Crippen LogP contribution in [0.25, 0.3) is 0 Å². The monoisotopic (exact) mass is 491 g/mol. The first-order valence-electron chi connectivity index (χ1n) is 11.2. The van der Waals surface area contributed by atoms with Gasteiger partial charge in [-0.25, -0.2) is 9.38 Å². The molecule has 1 aliphatic heterocycles. The molecule has 4 rings (SSSR count). The lowest BCUT2D eigenvalue weighted by Gasteiger charge is -2.32. The Morgan fingerprint density at radius 3 is 2.57 bits per heavy atom. The Morgan fingerprint density at radius 2 is 1.89 bits per heavy atom. The molecule has 1 atom stereocenters. The summed E-state index contributed by atoms with van der Waals surface area (Å²) in [5.74, 6) is -0.0365. The molecule has 3 aromatic carbocycles. The summed E-state index contributed by atoms with van der Waals surface area (Å²) in [6, 6.07) is 20.9. The summed E-state index contributed by atoms with van der Waals surface area (Å²) in [6.07, 6.45) is 0.673. The molecule has 1 N–H and O–H groups in total. The summed E-state index contributed by atoms with van der Waals surface area (Å²) >= 11 is 1.24. The summed E-state index contributed by atoms with van der Waals surface area (Å²) in [5.41, 5.74) is 3.26. The van der Waals surface area contributed by atoms with Crippen molar-refractivity contribution >= 4 is 40.1 Å². The van der Waals surface area contributed by atoms with Gasteiger partial charge in [0.05, 0.1) is 12.8 Å². The Bertz CT molecular complexity index is 1230. The minimum atomic E-state index is -0.626. The average Bonchev–Trinajstić information content (AvgIpc) is 2.85. The molecule has 2 amide bonds. The van der Waals surface area contributed by atoms with Crippen LogP contribution < -0.4 is 10.1 Å². The molecule has 1 unspecified atom stereocenters. The second kappa shape index (κ2) is 11.2. The summed E-state index contributed by atoms with van der Waals surface area (Å²) in [4.78, 5) is 32.4. The molecule has 0 aliphatic carbocycles. The predicted molar refractivity (Wildman–Crippen MR) is 138 cm³/mol. The molecule has 0 radical (unpaired) electrons. The zero-order valence-electron chi connectivity index (χ0n) is 19.5. The number of anilines is 1. The summed E-state index contributed by atoms with van der Waals surface area (Å²) in [7, 11) is 1.61. The number of amides is 2. The third-order valence-electron chi connectivity index (χ3n) is 5.55. The van der Waals surface area contributed by atoms with Crippen LogP contribution in [0.15, 0.2) is 77.8 Å². The number of carbonyl (C=O) groups is 2. The predicted octanol–water partition coefficient (Wildman–Crippen LogP) is 5.35. The Labute approximate surface area is 208 Å². The lowest BCUT2D eigenvalue weighted by molar-refractivity contribution is -0.129. The highest BCUT2D eigenvalue weighted by molar-refractivity contribution is 8.15. The Morgan fingerprint density at radius 1 is 1.14 bits per heavy atom. The van der Waals surface area contributed by atoms with E-state index in [9.17, 15) is 14.0 Å². The molecule has 3 aromatic rings. The lowest BCUT2D eigenvalue weighted by Crippen LogP contribution is -2.46. The first-order valence-corrected chi connectivity index (χ1v) is 12.1. The Balaban J connectivity index is 1.54. The molecule has 180 valence electrons. The van der Waals surface area contributed by atoms with E-state index in [2.05, 4.69) is 10.3 Å². The minimum Gasteiger partial charge on any atom is -0.497 e. The molecule has 0 spiro atoms. The number of amidine groups is 1. The quantitative estimate of drug-likeness (QED) is 0.484. The third kappa shape index (κ3) is 6.48. The van der Waals surface area contributed by atoms with Gasteiger partial charge in [-0.2, -0.15) is 0 Å². The van der Waals surface area contributed by atoms with Crippen molar-refractivity contribution in [2.24, 2.45) is 4.99 Å². The fourth-order valence-electron chi connectivity index (χ4n) is 3.67. The lowest BCUT2D eigenvalue weighted by atomic mass is 10.1. The summed E-state index contributed by atoms with van der Waals surface area (Å²) in [5, 5.41) is 2.70. The fraction of sp³-hybridized carbons (Fsp3) is 0.222. The molecule has 0 bridgehead atoms. The van der Waals surface area contributed by atoms with Crippen LogP contribution in [-0.4, -0.2) is 40.8 Å². The van der Waals surface area contributed by atoms with E-state index in [1.54, 1.807) is 24.1 Å². The number of nitrogens with one attached hydrogen (secondary N) is 1. The van der Waals surface area contributed by atoms with Gasteiger partial charge in [0.15, 0.2) is 5.17 Å². The third-order valence-corrected chi connectivity index (χ3v) is 6.74. The number of thioether (sulfide) groups is 1. The second-order valence-corrected chi connectivity index (χ2v) is 9.35. The van der Waals surface area contributed by atoms with Crippen LogP contribution >= 0.6 is 11.8 Å². The van der Waals surface area contributed by atoms with Gasteiger partial charge in [0.1, 0.15) is 16.8 Å². The van der Waals surface area contributed by atoms with Crippen molar-refractivity contribution in [1.82, 2.24) is 4.90 Å². The van der Waals surface area contributed by atoms with Gasteiger partial charge in [0, 0.05) is 18.7 Å². The maximum Gasteiger partial charge on any atom is 0.238 e. The van der Waals surface area contributed by atoms with Gasteiger partial charge in [0.25, 0.3) is 0 Å². The van der Waals surface area contributed by atoms with Crippen LogP contribution in [0.5, 0.6) is 5.75 Å². The van der Waals surface area contributed by atoms with Crippen LogP contribution in [0.1, 0.15) is 17.5 Å². The van der Waals surface area contributed by atoms with Gasteiger partial charge in [-0.15, -0.1) is 0 Å². The summed E-state index contributed by atoms with van der Waals surface area (Å²) in [6.45, 7) is 2.35. The van der Waals surface area contributed by atoms with E-state index in [1.807, 2.05) is 55.5 Å². The van der Waals surface area contributed by atoms with Gasteiger partial charge in [-0.1, -0.05) is 36.0 Å². The number of aryl methyl sites for hydroxylation is 1. The number of halogens is 1. The highest BCUT2D eigenvalue weighted by Crippen LogP contribution is 2.30. The highest BCUT2D eigenvalue weighted by Gasteiger charge is 2.35. The molecule has 35 heavy (non-hydrogen) atoms. The molecule has 1 saturated heterocycles. The second-order valence-electron chi connectivity index (χ2n) is 8.18. The van der Waals surface area contributed by atoms with Crippen molar-refractivity contribution in [3.05, 3.63) is 89.7 Å². The maximum absolute atomic E-state index is 13.4. The molecular weight excluding hydrogens is 465 g/mol. The van der Waals surface area contributed by atoms with E-state index < -0.39 is 5.25 Å². The van der Waals surface area contributed by atoms with E-state index in [4.69, 9.17) is 4.74 Å². The zero-order valence-corrected chi connectivity index (χ0v) is 20.3. The van der Waals surface area contributed by atoms with Gasteiger partial charge in [-0.3, -0.25) is 14.5 Å². The average molecular weight is 492 g/mol. The van der Waals surface area contributed by atoms with Crippen molar-refractivity contribution in [1.29, 1.82) is 0 Å². The van der Waals surface area contributed by atoms with Crippen LogP contribution in [0, 0.1) is 12.7 Å². The molecule has 8 heteroatoms. The number of aliphatic imine (C=N–C) groups is 1. The number of hydrogen-bond acceptors (Lipinski definition) is 5. The van der Waals surface area contributed by atoms with E-state index in [1.165, 1.54) is 23.9 Å². The first-order chi connectivity index (χ1) is 16.9. The molecule has 0 aromatic heterocycles.